The van der Waals surface area contributed by atoms with Crippen molar-refractivity contribution in [3.8, 4) is 0 Å². The zero-order valence-electron chi connectivity index (χ0n) is 11.8. The van der Waals surface area contributed by atoms with Crippen molar-refractivity contribution >= 4 is 26.0 Å². The maximum absolute atomic E-state index is 12.5. The van der Waals surface area contributed by atoms with Crippen LogP contribution in [0.4, 0.5) is 0 Å². The molecule has 1 saturated carbocycles. The van der Waals surface area contributed by atoms with Gasteiger partial charge in [0.25, 0.3) is 0 Å². The Bertz CT molecular complexity index is 583. The SMILES string of the molecule is O=S(=O)(NC1CC1)[C@H]1CCOC[C@H]1Cc1ccc(Br)cc1. The number of hydrogen-bond acceptors (Lipinski definition) is 3. The van der Waals surface area contributed by atoms with Crippen LogP contribution in [0.5, 0.6) is 0 Å². The van der Waals surface area contributed by atoms with Crippen LogP contribution >= 0.6 is 15.9 Å². The predicted molar refractivity (Wildman–Crippen MR) is 85.6 cm³/mol. The van der Waals surface area contributed by atoms with E-state index in [9.17, 15) is 8.42 Å². The fourth-order valence-electron chi connectivity index (χ4n) is 2.82. The van der Waals surface area contributed by atoms with Crippen LogP contribution in [-0.2, 0) is 21.2 Å². The predicted octanol–water partition coefficient (Wildman–Crippen LogP) is 2.48. The Labute approximate surface area is 134 Å². The van der Waals surface area contributed by atoms with Gasteiger partial charge in [0.15, 0.2) is 0 Å². The molecule has 0 unspecified atom stereocenters. The van der Waals surface area contributed by atoms with E-state index in [0.29, 0.717) is 19.6 Å². The molecule has 0 radical (unpaired) electrons. The fourth-order valence-corrected chi connectivity index (χ4v) is 5.05. The Morgan fingerprint density at radius 2 is 1.90 bits per heavy atom. The van der Waals surface area contributed by atoms with Crippen molar-refractivity contribution in [1.29, 1.82) is 0 Å². The molecule has 2 fully saturated rings. The smallest absolute Gasteiger partial charge is 0.215 e. The molecule has 116 valence electrons. The van der Waals surface area contributed by atoms with Crippen LogP contribution in [0, 0.1) is 5.92 Å². The molecule has 1 aromatic carbocycles. The van der Waals surface area contributed by atoms with Crippen LogP contribution in [0.15, 0.2) is 28.7 Å². The summed E-state index contributed by atoms with van der Waals surface area (Å²) in [5, 5.41) is -0.338. The molecule has 0 aromatic heterocycles. The summed E-state index contributed by atoms with van der Waals surface area (Å²) >= 11 is 3.42. The quantitative estimate of drug-likeness (QED) is 0.862. The van der Waals surface area contributed by atoms with Gasteiger partial charge in [0.1, 0.15) is 0 Å². The molecular weight excluding hydrogens is 354 g/mol. The normalized spacial score (nSPS) is 26.7. The van der Waals surface area contributed by atoms with E-state index in [1.165, 1.54) is 0 Å². The zero-order valence-corrected chi connectivity index (χ0v) is 14.2. The van der Waals surface area contributed by atoms with Crippen molar-refractivity contribution in [2.45, 2.75) is 37.0 Å². The van der Waals surface area contributed by atoms with Crippen LogP contribution in [-0.4, -0.2) is 32.9 Å². The van der Waals surface area contributed by atoms with Crippen molar-refractivity contribution in [3.63, 3.8) is 0 Å². The summed E-state index contributed by atoms with van der Waals surface area (Å²) in [6.07, 6.45) is 3.27. The minimum atomic E-state index is -3.24. The van der Waals surface area contributed by atoms with Crippen LogP contribution in [0.1, 0.15) is 24.8 Å². The number of benzene rings is 1. The standard InChI is InChI=1S/C15H20BrNO3S/c16-13-3-1-11(2-4-13)9-12-10-20-8-7-15(12)21(18,19)17-14-5-6-14/h1-4,12,14-15,17H,5-10H2/t12-,15+/m1/s1. The highest BCUT2D eigenvalue weighted by atomic mass is 79.9. The first-order chi connectivity index (χ1) is 10.0. The van der Waals surface area contributed by atoms with Crippen molar-refractivity contribution in [2.75, 3.05) is 13.2 Å². The molecule has 3 rings (SSSR count). The maximum Gasteiger partial charge on any atom is 0.215 e. The molecule has 2 atom stereocenters. The van der Waals surface area contributed by atoms with Gasteiger partial charge in [-0.1, -0.05) is 28.1 Å². The largest absolute Gasteiger partial charge is 0.381 e. The topological polar surface area (TPSA) is 55.4 Å². The van der Waals surface area contributed by atoms with Crippen LogP contribution in [0.3, 0.4) is 0 Å². The zero-order chi connectivity index (χ0) is 14.9. The van der Waals surface area contributed by atoms with Gasteiger partial charge >= 0.3 is 0 Å². The molecule has 0 amide bonds. The third kappa shape index (κ3) is 4.06. The molecule has 4 nitrogen and oxygen atoms in total. The molecule has 0 bridgehead atoms. The molecule has 21 heavy (non-hydrogen) atoms. The lowest BCUT2D eigenvalue weighted by atomic mass is 9.94. The average Bonchev–Trinajstić information content (AvgIpc) is 3.25. The second-order valence-corrected chi connectivity index (χ2v) is 8.78. The summed E-state index contributed by atoms with van der Waals surface area (Å²) < 4.78 is 34.4. The van der Waals surface area contributed by atoms with Gasteiger partial charge in [-0.25, -0.2) is 13.1 Å². The third-order valence-electron chi connectivity index (χ3n) is 4.12. The van der Waals surface area contributed by atoms with Crippen LogP contribution < -0.4 is 4.72 Å². The summed E-state index contributed by atoms with van der Waals surface area (Å²) in [4.78, 5) is 0. The molecule has 1 aliphatic carbocycles. The third-order valence-corrected chi connectivity index (χ3v) is 6.73. The minimum Gasteiger partial charge on any atom is -0.381 e. The second kappa shape index (κ2) is 6.36. The number of sulfonamides is 1. The van der Waals surface area contributed by atoms with Gasteiger partial charge < -0.3 is 4.74 Å². The molecular formula is C15H20BrNO3S. The highest BCUT2D eigenvalue weighted by Crippen LogP contribution is 2.28. The van der Waals surface area contributed by atoms with Crippen LogP contribution in [0.2, 0.25) is 0 Å². The van der Waals surface area contributed by atoms with Crippen molar-refractivity contribution < 1.29 is 13.2 Å². The maximum atomic E-state index is 12.5. The highest BCUT2D eigenvalue weighted by Gasteiger charge is 2.39. The van der Waals surface area contributed by atoms with E-state index >= 15 is 0 Å². The number of halogens is 1. The highest BCUT2D eigenvalue weighted by molar-refractivity contribution is 9.10. The van der Waals surface area contributed by atoms with E-state index in [1.54, 1.807) is 0 Å². The number of rotatable bonds is 5. The van der Waals surface area contributed by atoms with E-state index in [0.717, 1.165) is 29.3 Å². The van der Waals surface area contributed by atoms with Crippen LogP contribution in [0.25, 0.3) is 0 Å². The fraction of sp³-hybridized carbons (Fsp3) is 0.600. The summed E-state index contributed by atoms with van der Waals surface area (Å²) in [6, 6.07) is 8.23. The first-order valence-corrected chi connectivity index (χ1v) is 9.72. The molecule has 2 aliphatic rings. The van der Waals surface area contributed by atoms with E-state index in [4.69, 9.17) is 4.74 Å². The number of hydrogen-bond donors (Lipinski definition) is 1. The van der Waals surface area contributed by atoms with Gasteiger partial charge in [0.05, 0.1) is 11.9 Å². The lowest BCUT2D eigenvalue weighted by Crippen LogP contribution is -2.45. The first kappa shape index (κ1) is 15.5. The summed E-state index contributed by atoms with van der Waals surface area (Å²) in [5.41, 5.74) is 1.15. The summed E-state index contributed by atoms with van der Waals surface area (Å²) in [7, 11) is -3.24. The van der Waals surface area contributed by atoms with Crippen molar-refractivity contribution in [1.82, 2.24) is 4.72 Å². The molecule has 1 aliphatic heterocycles. The van der Waals surface area contributed by atoms with Gasteiger partial charge in [-0.05, 0) is 43.4 Å². The summed E-state index contributed by atoms with van der Waals surface area (Å²) in [6.45, 7) is 1.05. The van der Waals surface area contributed by atoms with Gasteiger partial charge in [-0.3, -0.25) is 0 Å². The first-order valence-electron chi connectivity index (χ1n) is 7.38. The van der Waals surface area contributed by atoms with Gasteiger partial charge in [-0.2, -0.15) is 0 Å². The molecule has 0 spiro atoms. The van der Waals surface area contributed by atoms with E-state index < -0.39 is 10.0 Å². The Hall–Kier alpha value is -0.430. The lowest BCUT2D eigenvalue weighted by Gasteiger charge is -2.31. The van der Waals surface area contributed by atoms with E-state index in [-0.39, 0.29) is 17.2 Å². The Kier molecular flexibility index (Phi) is 4.69. The van der Waals surface area contributed by atoms with Crippen molar-refractivity contribution in [2.24, 2.45) is 5.92 Å². The lowest BCUT2D eigenvalue weighted by molar-refractivity contribution is 0.0570. The Balaban J connectivity index is 1.72. The Morgan fingerprint density at radius 1 is 1.19 bits per heavy atom. The van der Waals surface area contributed by atoms with Gasteiger partial charge in [-0.15, -0.1) is 0 Å². The molecule has 1 aromatic rings. The van der Waals surface area contributed by atoms with Gasteiger partial charge in [0, 0.05) is 23.0 Å². The Morgan fingerprint density at radius 3 is 2.57 bits per heavy atom. The van der Waals surface area contributed by atoms with Crippen molar-refractivity contribution in [3.05, 3.63) is 34.3 Å². The summed E-state index contributed by atoms with van der Waals surface area (Å²) in [5.74, 6) is 0.0242. The molecule has 1 heterocycles. The number of ether oxygens (including phenoxy) is 1. The molecule has 6 heteroatoms. The van der Waals surface area contributed by atoms with E-state index in [2.05, 4.69) is 20.7 Å². The molecule has 1 saturated heterocycles. The van der Waals surface area contributed by atoms with Gasteiger partial charge in [0.2, 0.25) is 10.0 Å². The molecule has 1 N–H and O–H groups in total. The minimum absolute atomic E-state index is 0.0242. The second-order valence-electron chi connectivity index (χ2n) is 5.93. The van der Waals surface area contributed by atoms with E-state index in [1.807, 2.05) is 24.3 Å². The monoisotopic (exact) mass is 373 g/mol. The number of nitrogens with one attached hydrogen (secondary N) is 1. The average molecular weight is 374 g/mol.